The van der Waals surface area contributed by atoms with E-state index in [1.165, 1.54) is 11.3 Å². The summed E-state index contributed by atoms with van der Waals surface area (Å²) in [6.45, 7) is -0.139. The summed E-state index contributed by atoms with van der Waals surface area (Å²) in [6.07, 6.45) is 0. The summed E-state index contributed by atoms with van der Waals surface area (Å²) >= 11 is 13.1. The molecule has 0 aliphatic rings. The molecule has 7 heteroatoms. The van der Waals surface area contributed by atoms with E-state index in [0.717, 1.165) is 0 Å². The van der Waals surface area contributed by atoms with E-state index in [1.54, 1.807) is 35.7 Å². The Balaban J connectivity index is 1.90. The maximum atomic E-state index is 11.7. The van der Waals surface area contributed by atoms with Crippen LogP contribution in [-0.2, 0) is 4.79 Å². The summed E-state index contributed by atoms with van der Waals surface area (Å²) < 4.78 is 0. The van der Waals surface area contributed by atoms with Crippen molar-refractivity contribution >= 4 is 52.0 Å². The lowest BCUT2D eigenvalue weighted by Gasteiger charge is -2.08. The molecule has 0 saturated carbocycles. The Labute approximate surface area is 129 Å². The maximum absolute atomic E-state index is 11.7. The molecule has 2 amide bonds. The van der Waals surface area contributed by atoms with Crippen LogP contribution < -0.4 is 10.6 Å². The first-order valence-corrected chi connectivity index (χ1v) is 7.26. The Morgan fingerprint density at radius 2 is 2.00 bits per heavy atom. The van der Waals surface area contributed by atoms with Crippen molar-refractivity contribution in [1.82, 2.24) is 5.32 Å². The molecule has 0 aliphatic heterocycles. The monoisotopic (exact) mass is 328 g/mol. The van der Waals surface area contributed by atoms with Gasteiger partial charge in [0.1, 0.15) is 0 Å². The zero-order valence-corrected chi connectivity index (χ0v) is 12.5. The van der Waals surface area contributed by atoms with Gasteiger partial charge in [-0.05, 0) is 29.6 Å². The first kappa shape index (κ1) is 14.8. The number of carbonyl (C=O) groups excluding carboxylic acids is 2. The van der Waals surface area contributed by atoms with E-state index < -0.39 is 0 Å². The Hall–Kier alpha value is -1.56. The van der Waals surface area contributed by atoms with Gasteiger partial charge in [-0.25, -0.2) is 0 Å². The predicted molar refractivity (Wildman–Crippen MR) is 81.7 cm³/mol. The molecule has 0 unspecified atom stereocenters. The molecule has 1 heterocycles. The minimum atomic E-state index is -0.376. The Morgan fingerprint density at radius 3 is 2.70 bits per heavy atom. The molecule has 20 heavy (non-hydrogen) atoms. The van der Waals surface area contributed by atoms with Crippen molar-refractivity contribution in [1.29, 1.82) is 0 Å². The molecule has 0 aliphatic carbocycles. The number of benzene rings is 1. The molecule has 104 valence electrons. The number of thiophene rings is 1. The molecule has 0 atom stereocenters. The van der Waals surface area contributed by atoms with Crippen LogP contribution in [0.2, 0.25) is 10.0 Å². The van der Waals surface area contributed by atoms with Crippen molar-refractivity contribution in [2.45, 2.75) is 0 Å². The average molecular weight is 329 g/mol. The summed E-state index contributed by atoms with van der Waals surface area (Å²) in [5.74, 6) is -0.661. The second kappa shape index (κ2) is 6.74. The van der Waals surface area contributed by atoms with Gasteiger partial charge in [0.2, 0.25) is 5.91 Å². The number of halogens is 2. The molecule has 4 nitrogen and oxygen atoms in total. The number of anilines is 1. The Bertz CT molecular complexity index is 629. The van der Waals surface area contributed by atoms with Crippen LogP contribution in [0.3, 0.4) is 0 Å². The number of carbonyl (C=O) groups is 2. The van der Waals surface area contributed by atoms with Gasteiger partial charge >= 0.3 is 0 Å². The zero-order chi connectivity index (χ0) is 14.5. The van der Waals surface area contributed by atoms with E-state index in [1.807, 2.05) is 0 Å². The SMILES string of the molecule is O=C(CNC(=O)c1cccs1)Nc1cc(Cl)ccc1Cl. The minimum Gasteiger partial charge on any atom is -0.342 e. The summed E-state index contributed by atoms with van der Waals surface area (Å²) in [7, 11) is 0. The first-order valence-electron chi connectivity index (χ1n) is 5.63. The van der Waals surface area contributed by atoms with Gasteiger partial charge in [0.25, 0.3) is 5.91 Å². The van der Waals surface area contributed by atoms with Gasteiger partial charge in [-0.3, -0.25) is 9.59 Å². The lowest BCUT2D eigenvalue weighted by molar-refractivity contribution is -0.115. The molecular weight excluding hydrogens is 319 g/mol. The van der Waals surface area contributed by atoms with Gasteiger partial charge < -0.3 is 10.6 Å². The molecule has 0 bridgehead atoms. The van der Waals surface area contributed by atoms with Gasteiger partial charge in [0.05, 0.1) is 22.1 Å². The topological polar surface area (TPSA) is 58.2 Å². The molecule has 0 saturated heterocycles. The van der Waals surface area contributed by atoms with Gasteiger partial charge in [0.15, 0.2) is 0 Å². The predicted octanol–water partition coefficient (Wildman–Crippen LogP) is 3.42. The standard InChI is InChI=1S/C13H10Cl2N2O2S/c14-8-3-4-9(15)10(6-8)17-12(18)7-16-13(19)11-2-1-5-20-11/h1-6H,7H2,(H,16,19)(H,17,18). The third-order valence-electron chi connectivity index (χ3n) is 2.36. The van der Waals surface area contributed by atoms with Crippen LogP contribution in [0, 0.1) is 0 Å². The van der Waals surface area contributed by atoms with Crippen molar-refractivity contribution in [3.63, 3.8) is 0 Å². The van der Waals surface area contributed by atoms with Crippen LogP contribution in [0.4, 0.5) is 5.69 Å². The Morgan fingerprint density at radius 1 is 1.20 bits per heavy atom. The highest BCUT2D eigenvalue weighted by Gasteiger charge is 2.10. The van der Waals surface area contributed by atoms with Gasteiger partial charge in [-0.2, -0.15) is 0 Å². The normalized spacial score (nSPS) is 10.1. The number of rotatable bonds is 4. The summed E-state index contributed by atoms with van der Waals surface area (Å²) in [6, 6.07) is 8.21. The molecule has 0 spiro atoms. The van der Waals surface area contributed by atoms with Crippen LogP contribution >= 0.6 is 34.5 Å². The van der Waals surface area contributed by atoms with Crippen molar-refractivity contribution < 1.29 is 9.59 Å². The van der Waals surface area contributed by atoms with E-state index >= 15 is 0 Å². The number of hydrogen-bond donors (Lipinski definition) is 2. The third kappa shape index (κ3) is 3.96. The first-order chi connectivity index (χ1) is 9.56. The molecule has 1 aromatic carbocycles. The fourth-order valence-corrected chi connectivity index (χ4v) is 2.42. The molecular formula is C13H10Cl2N2O2S. The second-order valence-corrected chi connectivity index (χ2v) is 5.62. The second-order valence-electron chi connectivity index (χ2n) is 3.83. The minimum absolute atomic E-state index is 0.139. The van der Waals surface area contributed by atoms with Crippen molar-refractivity contribution in [3.05, 3.63) is 50.6 Å². The van der Waals surface area contributed by atoms with E-state index in [0.29, 0.717) is 20.6 Å². The van der Waals surface area contributed by atoms with E-state index in [4.69, 9.17) is 23.2 Å². The summed E-state index contributed by atoms with van der Waals surface area (Å²) in [5, 5.41) is 7.75. The lowest BCUT2D eigenvalue weighted by Crippen LogP contribution is -2.32. The number of nitrogens with one attached hydrogen (secondary N) is 2. The highest BCUT2D eigenvalue weighted by molar-refractivity contribution is 7.12. The van der Waals surface area contributed by atoms with Gasteiger partial charge in [0, 0.05) is 5.02 Å². The third-order valence-corrected chi connectivity index (χ3v) is 3.79. The van der Waals surface area contributed by atoms with Crippen LogP contribution in [0.1, 0.15) is 9.67 Å². The van der Waals surface area contributed by atoms with Gasteiger partial charge in [-0.15, -0.1) is 11.3 Å². The quantitative estimate of drug-likeness (QED) is 0.903. The summed E-state index contributed by atoms with van der Waals surface area (Å²) in [5.41, 5.74) is 0.412. The number of amides is 2. The van der Waals surface area contributed by atoms with Crippen LogP contribution in [-0.4, -0.2) is 18.4 Å². The largest absolute Gasteiger partial charge is 0.342 e. The smallest absolute Gasteiger partial charge is 0.261 e. The number of hydrogen-bond acceptors (Lipinski definition) is 3. The van der Waals surface area contributed by atoms with Crippen molar-refractivity contribution in [3.8, 4) is 0 Å². The van der Waals surface area contributed by atoms with E-state index in [2.05, 4.69) is 10.6 Å². The average Bonchev–Trinajstić information content (AvgIpc) is 2.94. The zero-order valence-electron chi connectivity index (χ0n) is 10.2. The summed E-state index contributed by atoms with van der Waals surface area (Å²) in [4.78, 5) is 23.9. The molecule has 0 radical (unpaired) electrons. The fourth-order valence-electron chi connectivity index (χ4n) is 1.44. The molecule has 2 aromatic rings. The van der Waals surface area contributed by atoms with Gasteiger partial charge in [-0.1, -0.05) is 29.3 Å². The molecule has 2 N–H and O–H groups in total. The highest BCUT2D eigenvalue weighted by Crippen LogP contribution is 2.25. The van der Waals surface area contributed by atoms with Crippen molar-refractivity contribution in [2.75, 3.05) is 11.9 Å². The molecule has 2 rings (SSSR count). The van der Waals surface area contributed by atoms with Crippen LogP contribution in [0.15, 0.2) is 35.7 Å². The highest BCUT2D eigenvalue weighted by atomic mass is 35.5. The Kier molecular flexibility index (Phi) is 5.00. The van der Waals surface area contributed by atoms with Crippen molar-refractivity contribution in [2.24, 2.45) is 0 Å². The fraction of sp³-hybridized carbons (Fsp3) is 0.0769. The van der Waals surface area contributed by atoms with Crippen LogP contribution in [0.25, 0.3) is 0 Å². The van der Waals surface area contributed by atoms with Crippen LogP contribution in [0.5, 0.6) is 0 Å². The molecule has 0 fully saturated rings. The maximum Gasteiger partial charge on any atom is 0.261 e. The van der Waals surface area contributed by atoms with E-state index in [9.17, 15) is 9.59 Å². The lowest BCUT2D eigenvalue weighted by atomic mass is 10.3. The molecule has 1 aromatic heterocycles. The van der Waals surface area contributed by atoms with E-state index in [-0.39, 0.29) is 18.4 Å².